The monoisotopic (exact) mass is 315 g/mol. The van der Waals surface area contributed by atoms with Gasteiger partial charge in [0.05, 0.1) is 5.92 Å². The lowest BCUT2D eigenvalue weighted by Crippen LogP contribution is -2.39. The molecule has 1 aliphatic carbocycles. The molecule has 4 heteroatoms. The lowest BCUT2D eigenvalue weighted by atomic mass is 9.81. The Balaban J connectivity index is 1.77. The molecular weight excluding hydrogens is 290 g/mol. The maximum absolute atomic E-state index is 13.0. The third-order valence-corrected chi connectivity index (χ3v) is 5.47. The van der Waals surface area contributed by atoms with Gasteiger partial charge in [-0.05, 0) is 56.1 Å². The number of amides is 1. The first-order chi connectivity index (χ1) is 11.1. The van der Waals surface area contributed by atoms with E-state index in [1.165, 1.54) is 5.56 Å². The van der Waals surface area contributed by atoms with Crippen molar-refractivity contribution in [1.29, 1.82) is 0 Å². The number of carbonyl (C=O) groups excluding carboxylic acids is 1. The molecular formula is C19H25NO3. The Hall–Kier alpha value is -1.84. The Morgan fingerprint density at radius 1 is 1.04 bits per heavy atom. The number of carboxylic acids is 1. The largest absolute Gasteiger partial charge is 0.481 e. The maximum atomic E-state index is 13.0. The fraction of sp³-hybridized carbons (Fsp3) is 0.579. The van der Waals surface area contributed by atoms with Crippen LogP contribution in [0.25, 0.3) is 0 Å². The van der Waals surface area contributed by atoms with Crippen LogP contribution < -0.4 is 4.90 Å². The summed E-state index contributed by atoms with van der Waals surface area (Å²) in [5.74, 6) is -0.338. The number of aliphatic carboxylic acids is 1. The predicted octanol–water partition coefficient (Wildman–Crippen LogP) is 3.81. The van der Waals surface area contributed by atoms with Crippen molar-refractivity contribution >= 4 is 17.6 Å². The Morgan fingerprint density at radius 3 is 2.39 bits per heavy atom. The van der Waals surface area contributed by atoms with Gasteiger partial charge in [-0.25, -0.2) is 0 Å². The van der Waals surface area contributed by atoms with Crippen molar-refractivity contribution in [3.05, 3.63) is 29.8 Å². The van der Waals surface area contributed by atoms with Crippen LogP contribution in [0.3, 0.4) is 0 Å². The van der Waals surface area contributed by atoms with Crippen LogP contribution in [0.4, 0.5) is 5.69 Å². The molecule has 1 aromatic rings. The van der Waals surface area contributed by atoms with Gasteiger partial charge in [0.25, 0.3) is 0 Å². The average molecular weight is 315 g/mol. The van der Waals surface area contributed by atoms with E-state index in [1.54, 1.807) is 0 Å². The smallest absolute Gasteiger partial charge is 0.306 e. The summed E-state index contributed by atoms with van der Waals surface area (Å²) in [6, 6.07) is 8.23. The van der Waals surface area contributed by atoms with Crippen LogP contribution >= 0.6 is 0 Å². The molecule has 1 amide bonds. The van der Waals surface area contributed by atoms with E-state index in [-0.39, 0.29) is 17.7 Å². The Bertz CT molecular complexity index is 590. The van der Waals surface area contributed by atoms with E-state index in [2.05, 4.69) is 19.1 Å². The Morgan fingerprint density at radius 2 is 1.70 bits per heavy atom. The molecule has 0 radical (unpaired) electrons. The van der Waals surface area contributed by atoms with Crippen LogP contribution in [0.15, 0.2) is 24.3 Å². The van der Waals surface area contributed by atoms with Crippen molar-refractivity contribution < 1.29 is 14.7 Å². The van der Waals surface area contributed by atoms with Gasteiger partial charge in [0.1, 0.15) is 0 Å². The summed E-state index contributed by atoms with van der Waals surface area (Å²) >= 11 is 0. The highest BCUT2D eigenvalue weighted by atomic mass is 16.4. The minimum Gasteiger partial charge on any atom is -0.481 e. The Kier molecular flexibility index (Phi) is 4.69. The summed E-state index contributed by atoms with van der Waals surface area (Å²) in [7, 11) is 0. The molecule has 4 nitrogen and oxygen atoms in total. The van der Waals surface area contributed by atoms with Crippen molar-refractivity contribution in [1.82, 2.24) is 0 Å². The highest BCUT2D eigenvalue weighted by Gasteiger charge is 2.34. The van der Waals surface area contributed by atoms with Crippen LogP contribution in [0.1, 0.15) is 56.9 Å². The van der Waals surface area contributed by atoms with E-state index < -0.39 is 5.97 Å². The van der Waals surface area contributed by atoms with Crippen molar-refractivity contribution in [2.45, 2.75) is 51.4 Å². The molecule has 1 N–H and O–H groups in total. The van der Waals surface area contributed by atoms with Crippen LogP contribution in [0, 0.1) is 11.8 Å². The van der Waals surface area contributed by atoms with Gasteiger partial charge in [-0.3, -0.25) is 9.59 Å². The number of carbonyl (C=O) groups is 2. The molecule has 124 valence electrons. The summed E-state index contributed by atoms with van der Waals surface area (Å²) in [6.45, 7) is 3.00. The molecule has 1 saturated carbocycles. The van der Waals surface area contributed by atoms with E-state index in [1.807, 2.05) is 17.0 Å². The van der Waals surface area contributed by atoms with Crippen LogP contribution in [-0.2, 0) is 9.59 Å². The number of carboxylic acid groups (broad SMARTS) is 1. The van der Waals surface area contributed by atoms with Gasteiger partial charge < -0.3 is 10.0 Å². The molecule has 1 aliphatic heterocycles. The minimum atomic E-state index is -0.718. The predicted molar refractivity (Wildman–Crippen MR) is 89.5 cm³/mol. The van der Waals surface area contributed by atoms with Gasteiger partial charge in [0.15, 0.2) is 0 Å². The van der Waals surface area contributed by atoms with E-state index >= 15 is 0 Å². The first-order valence-corrected chi connectivity index (χ1v) is 8.71. The SMILES string of the molecule is CC1CCCN(C(=O)C2CCC(C(=O)O)CC2)c2ccccc21. The van der Waals surface area contributed by atoms with Crippen molar-refractivity contribution in [2.75, 3.05) is 11.4 Å². The van der Waals surface area contributed by atoms with Gasteiger partial charge in [-0.15, -0.1) is 0 Å². The number of nitrogens with zero attached hydrogens (tertiary/aromatic N) is 1. The van der Waals surface area contributed by atoms with Crippen molar-refractivity contribution in [3.8, 4) is 0 Å². The van der Waals surface area contributed by atoms with Crippen molar-refractivity contribution in [3.63, 3.8) is 0 Å². The number of rotatable bonds is 2. The van der Waals surface area contributed by atoms with Crippen LogP contribution in [-0.4, -0.2) is 23.5 Å². The third kappa shape index (κ3) is 3.26. The summed E-state index contributed by atoms with van der Waals surface area (Å²) in [6.07, 6.45) is 4.77. The standard InChI is InChI=1S/C19H25NO3/c1-13-5-4-12-20(17-7-3-2-6-16(13)17)18(21)14-8-10-15(11-9-14)19(22)23/h2-3,6-7,13-15H,4-5,8-12H2,1H3,(H,22,23). The zero-order valence-corrected chi connectivity index (χ0v) is 13.7. The number of fused-ring (bicyclic) bond motifs is 1. The molecule has 23 heavy (non-hydrogen) atoms. The number of para-hydroxylation sites is 1. The van der Waals surface area contributed by atoms with Gasteiger partial charge in [0, 0.05) is 18.2 Å². The lowest BCUT2D eigenvalue weighted by molar-refractivity contribution is -0.144. The molecule has 0 aromatic heterocycles. The first-order valence-electron chi connectivity index (χ1n) is 8.71. The average Bonchev–Trinajstić information content (AvgIpc) is 2.74. The van der Waals surface area contributed by atoms with Gasteiger partial charge in [-0.2, -0.15) is 0 Å². The van der Waals surface area contributed by atoms with Crippen LogP contribution in [0.2, 0.25) is 0 Å². The summed E-state index contributed by atoms with van der Waals surface area (Å²) < 4.78 is 0. The summed E-state index contributed by atoms with van der Waals surface area (Å²) in [5, 5.41) is 9.11. The van der Waals surface area contributed by atoms with E-state index in [0.717, 1.165) is 25.1 Å². The molecule has 1 fully saturated rings. The Labute approximate surface area is 137 Å². The second-order valence-corrected chi connectivity index (χ2v) is 6.98. The third-order valence-electron chi connectivity index (χ3n) is 5.47. The second-order valence-electron chi connectivity index (χ2n) is 6.98. The van der Waals surface area contributed by atoms with Gasteiger partial charge >= 0.3 is 5.97 Å². The van der Waals surface area contributed by atoms with Gasteiger partial charge in [0.2, 0.25) is 5.91 Å². The topological polar surface area (TPSA) is 57.6 Å². The maximum Gasteiger partial charge on any atom is 0.306 e. The number of hydrogen-bond acceptors (Lipinski definition) is 2. The first kappa shape index (κ1) is 16.0. The normalized spacial score (nSPS) is 27.9. The van der Waals surface area contributed by atoms with E-state index in [4.69, 9.17) is 5.11 Å². The molecule has 1 aromatic carbocycles. The zero-order valence-electron chi connectivity index (χ0n) is 13.7. The molecule has 3 rings (SSSR count). The number of anilines is 1. The summed E-state index contributed by atoms with van der Waals surface area (Å²) in [5.41, 5.74) is 2.32. The second kappa shape index (κ2) is 6.73. The lowest BCUT2D eigenvalue weighted by Gasteiger charge is -2.31. The molecule has 1 heterocycles. The highest BCUT2D eigenvalue weighted by Crippen LogP contribution is 2.37. The quantitative estimate of drug-likeness (QED) is 0.903. The fourth-order valence-electron chi connectivity index (χ4n) is 4.02. The number of benzene rings is 1. The molecule has 0 saturated heterocycles. The molecule has 1 atom stereocenters. The molecule has 0 spiro atoms. The van der Waals surface area contributed by atoms with E-state index in [9.17, 15) is 9.59 Å². The fourth-order valence-corrected chi connectivity index (χ4v) is 4.02. The molecule has 2 aliphatic rings. The highest BCUT2D eigenvalue weighted by molar-refractivity contribution is 5.96. The van der Waals surface area contributed by atoms with E-state index in [0.29, 0.717) is 31.6 Å². The molecule has 1 unspecified atom stereocenters. The zero-order chi connectivity index (χ0) is 16.4. The molecule has 0 bridgehead atoms. The summed E-state index contributed by atoms with van der Waals surface area (Å²) in [4.78, 5) is 26.1. The van der Waals surface area contributed by atoms with Gasteiger partial charge in [-0.1, -0.05) is 25.1 Å². The van der Waals surface area contributed by atoms with Crippen molar-refractivity contribution in [2.24, 2.45) is 11.8 Å². The minimum absolute atomic E-state index is 0.0212. The number of hydrogen-bond donors (Lipinski definition) is 1. The van der Waals surface area contributed by atoms with Crippen LogP contribution in [0.5, 0.6) is 0 Å².